The van der Waals surface area contributed by atoms with Crippen LogP contribution < -0.4 is 10.2 Å². The average Bonchev–Trinajstić information content (AvgIpc) is 3.37. The van der Waals surface area contributed by atoms with Crippen molar-refractivity contribution in [2.24, 2.45) is 0 Å². The Morgan fingerprint density at radius 3 is 2.00 bits per heavy atom. The van der Waals surface area contributed by atoms with E-state index in [-0.39, 0.29) is 17.4 Å². The third kappa shape index (κ3) is 6.21. The Hall–Kier alpha value is -3.44. The van der Waals surface area contributed by atoms with Crippen LogP contribution in [0.2, 0.25) is 0 Å². The molecule has 0 bridgehead atoms. The van der Waals surface area contributed by atoms with Gasteiger partial charge in [-0.3, -0.25) is 14.5 Å². The maximum absolute atomic E-state index is 13.0. The first-order chi connectivity index (χ1) is 21.5. The third-order valence-electron chi connectivity index (χ3n) is 10.9. The molecule has 3 aromatic carbocycles. The normalized spacial score (nSPS) is 25.3. The number of nitrogens with zero attached hydrogens (tertiary/aromatic N) is 2. The van der Waals surface area contributed by atoms with Gasteiger partial charge in [-0.1, -0.05) is 86.0 Å². The summed E-state index contributed by atoms with van der Waals surface area (Å²) in [6.45, 7) is 6.98. The van der Waals surface area contributed by atoms with E-state index in [1.165, 1.54) is 54.4 Å². The second-order valence-electron chi connectivity index (χ2n) is 13.4. The number of hydrogen-bond acceptors (Lipinski definition) is 4. The van der Waals surface area contributed by atoms with Crippen LogP contribution in [-0.4, -0.2) is 47.9 Å². The zero-order valence-corrected chi connectivity index (χ0v) is 26.6. The van der Waals surface area contributed by atoms with Gasteiger partial charge in [0.2, 0.25) is 5.91 Å². The van der Waals surface area contributed by atoms with Crippen molar-refractivity contribution in [3.05, 3.63) is 101 Å². The van der Waals surface area contributed by atoms with Gasteiger partial charge in [0, 0.05) is 37.2 Å². The molecular formula is C39H49N3O2. The molecule has 2 saturated carbocycles. The van der Waals surface area contributed by atoms with Crippen LogP contribution in [0.25, 0.3) is 0 Å². The molecule has 2 aliphatic carbocycles. The zero-order chi connectivity index (χ0) is 30.5. The molecule has 2 heterocycles. The van der Waals surface area contributed by atoms with Crippen LogP contribution in [0, 0.1) is 13.8 Å². The minimum absolute atomic E-state index is 0.185. The van der Waals surface area contributed by atoms with Crippen LogP contribution in [0.15, 0.2) is 78.9 Å². The molecule has 7 rings (SSSR count). The molecule has 4 fully saturated rings. The fourth-order valence-electron chi connectivity index (χ4n) is 8.46. The number of hydrogen-bond donors (Lipinski definition) is 1. The molecule has 232 valence electrons. The molecule has 3 atom stereocenters. The van der Waals surface area contributed by atoms with E-state index in [1.54, 1.807) is 0 Å². The summed E-state index contributed by atoms with van der Waals surface area (Å²) in [5, 5.41) is 3.13. The summed E-state index contributed by atoms with van der Waals surface area (Å²) in [7, 11) is 0. The van der Waals surface area contributed by atoms with Gasteiger partial charge in [0.15, 0.2) is 0 Å². The second kappa shape index (κ2) is 13.7. The fourth-order valence-corrected chi connectivity index (χ4v) is 8.46. The van der Waals surface area contributed by atoms with Crippen molar-refractivity contribution in [1.82, 2.24) is 10.2 Å². The number of carbonyl (C=O) groups is 2. The smallest absolute Gasteiger partial charge is 0.247 e. The van der Waals surface area contributed by atoms with E-state index in [4.69, 9.17) is 0 Å². The van der Waals surface area contributed by atoms with Gasteiger partial charge < -0.3 is 10.2 Å². The summed E-state index contributed by atoms with van der Waals surface area (Å²) in [6, 6.07) is 28.2. The monoisotopic (exact) mass is 591 g/mol. The molecule has 5 heteroatoms. The van der Waals surface area contributed by atoms with Crippen molar-refractivity contribution < 1.29 is 9.59 Å². The van der Waals surface area contributed by atoms with Crippen LogP contribution in [-0.2, 0) is 9.59 Å². The molecule has 1 N–H and O–H groups in total. The lowest BCUT2D eigenvalue weighted by atomic mass is 9.76. The van der Waals surface area contributed by atoms with Gasteiger partial charge in [-0.15, -0.1) is 0 Å². The molecule has 2 saturated heterocycles. The van der Waals surface area contributed by atoms with E-state index in [9.17, 15) is 9.59 Å². The van der Waals surface area contributed by atoms with Gasteiger partial charge in [0.1, 0.15) is 11.3 Å². The van der Waals surface area contributed by atoms with Crippen molar-refractivity contribution >= 4 is 17.4 Å². The number of anilines is 1. The second-order valence-corrected chi connectivity index (χ2v) is 13.4. The fraction of sp³-hybridized carbons (Fsp3) is 0.487. The highest BCUT2D eigenvalue weighted by molar-refractivity contribution is 5.93. The van der Waals surface area contributed by atoms with E-state index in [1.807, 2.05) is 18.2 Å². The van der Waals surface area contributed by atoms with Crippen LogP contribution in [0.3, 0.4) is 0 Å². The number of rotatable bonds is 4. The molecular weight excluding hydrogens is 542 g/mol. The average molecular weight is 592 g/mol. The van der Waals surface area contributed by atoms with E-state index < -0.39 is 0 Å². The molecule has 2 aliphatic heterocycles. The molecule has 0 radical (unpaired) electrons. The van der Waals surface area contributed by atoms with Gasteiger partial charge in [-0.2, -0.15) is 0 Å². The van der Waals surface area contributed by atoms with E-state index in [2.05, 4.69) is 89.6 Å². The number of nitrogens with one attached hydrogen (secondary N) is 1. The Morgan fingerprint density at radius 2 is 1.32 bits per heavy atom. The SMILES string of the molecule is Cc1ccccc1C1CCCCC1=O.Cc1ccccc1C1CCCCC1N1CCC2(CC1)C(=O)NCN2c1ccccc1. The quantitative estimate of drug-likeness (QED) is 0.338. The first kappa shape index (κ1) is 30.6. The first-order valence-electron chi connectivity index (χ1n) is 17.0. The predicted octanol–water partition coefficient (Wildman–Crippen LogP) is 7.67. The minimum atomic E-state index is -0.384. The zero-order valence-electron chi connectivity index (χ0n) is 26.6. The molecule has 44 heavy (non-hydrogen) atoms. The minimum Gasteiger partial charge on any atom is -0.339 e. The summed E-state index contributed by atoms with van der Waals surface area (Å²) in [6.07, 6.45) is 11.1. The number of ketones is 1. The largest absolute Gasteiger partial charge is 0.339 e. The molecule has 3 aromatic rings. The standard InChI is InChI=1S/C26H33N3O.C13H16O/c1-20-9-5-6-12-22(20)23-13-7-8-14-24(23)28-17-15-26(16-18-28)25(30)27-19-29(26)21-10-3-2-4-11-21;1-10-6-2-3-7-11(10)12-8-4-5-9-13(12)14/h2-6,9-12,23-24H,7-8,13-19H2,1H3,(H,27,30);2-3,6-7,12H,4-5,8-9H2,1H3. The lowest BCUT2D eigenvalue weighted by Crippen LogP contribution is -2.58. The lowest BCUT2D eigenvalue weighted by molar-refractivity contribution is -0.125. The summed E-state index contributed by atoms with van der Waals surface area (Å²) >= 11 is 0. The van der Waals surface area contributed by atoms with E-state index in [0.29, 0.717) is 24.4 Å². The molecule has 5 nitrogen and oxygen atoms in total. The van der Waals surface area contributed by atoms with Crippen LogP contribution in [0.1, 0.15) is 98.3 Å². The predicted molar refractivity (Wildman–Crippen MR) is 179 cm³/mol. The summed E-state index contributed by atoms with van der Waals surface area (Å²) in [5.74, 6) is 1.46. The van der Waals surface area contributed by atoms with Gasteiger partial charge in [-0.25, -0.2) is 0 Å². The van der Waals surface area contributed by atoms with Crippen molar-refractivity contribution in [2.45, 2.75) is 101 Å². The van der Waals surface area contributed by atoms with Gasteiger partial charge >= 0.3 is 0 Å². The van der Waals surface area contributed by atoms with Gasteiger partial charge in [-0.05, 0) is 92.7 Å². The number of amides is 1. The number of carbonyl (C=O) groups excluding carboxylic acids is 2. The topological polar surface area (TPSA) is 52.7 Å². The van der Waals surface area contributed by atoms with E-state index in [0.717, 1.165) is 50.9 Å². The van der Waals surface area contributed by atoms with Crippen molar-refractivity contribution in [3.63, 3.8) is 0 Å². The summed E-state index contributed by atoms with van der Waals surface area (Å²) in [4.78, 5) is 29.7. The molecule has 4 aliphatic rings. The highest BCUT2D eigenvalue weighted by Crippen LogP contribution is 2.42. The molecule has 3 unspecified atom stereocenters. The maximum Gasteiger partial charge on any atom is 0.247 e. The number of likely N-dealkylation sites (tertiary alicyclic amines) is 1. The maximum atomic E-state index is 13.0. The Labute approximate surface area is 264 Å². The highest BCUT2D eigenvalue weighted by atomic mass is 16.2. The van der Waals surface area contributed by atoms with Crippen LogP contribution in [0.5, 0.6) is 0 Å². The number of aryl methyl sites for hydroxylation is 2. The Balaban J connectivity index is 0.000000205. The molecule has 1 amide bonds. The highest BCUT2D eigenvalue weighted by Gasteiger charge is 2.51. The number of Topliss-reactive ketones (excluding diaryl/α,β-unsaturated/α-hetero) is 1. The molecule has 1 spiro atoms. The Morgan fingerprint density at radius 1 is 0.705 bits per heavy atom. The lowest BCUT2D eigenvalue weighted by Gasteiger charge is -2.48. The third-order valence-corrected chi connectivity index (χ3v) is 10.9. The molecule has 0 aromatic heterocycles. The Kier molecular flexibility index (Phi) is 9.51. The van der Waals surface area contributed by atoms with Crippen molar-refractivity contribution in [3.8, 4) is 0 Å². The number of para-hydroxylation sites is 1. The van der Waals surface area contributed by atoms with Gasteiger partial charge in [0.25, 0.3) is 0 Å². The van der Waals surface area contributed by atoms with Crippen LogP contribution >= 0.6 is 0 Å². The van der Waals surface area contributed by atoms with Gasteiger partial charge in [0.05, 0.1) is 6.67 Å². The summed E-state index contributed by atoms with van der Waals surface area (Å²) < 4.78 is 0. The first-order valence-corrected chi connectivity index (χ1v) is 17.0. The number of piperidine rings is 1. The van der Waals surface area contributed by atoms with Crippen molar-refractivity contribution in [2.75, 3.05) is 24.7 Å². The summed E-state index contributed by atoms with van der Waals surface area (Å²) in [5.41, 5.74) is 6.23. The van der Waals surface area contributed by atoms with Crippen LogP contribution in [0.4, 0.5) is 5.69 Å². The Bertz CT molecular complexity index is 1430. The van der Waals surface area contributed by atoms with E-state index >= 15 is 0 Å². The van der Waals surface area contributed by atoms with Crippen molar-refractivity contribution in [1.29, 1.82) is 0 Å². The number of benzene rings is 3.